The summed E-state index contributed by atoms with van der Waals surface area (Å²) in [4.78, 5) is 25.5. The second-order valence-corrected chi connectivity index (χ2v) is 5.90. The minimum Gasteiger partial charge on any atom is -0.463 e. The zero-order chi connectivity index (χ0) is 16.2. The fourth-order valence-corrected chi connectivity index (χ4v) is 3.28. The number of carbonyl (C=O) groups is 2. The number of ether oxygens (including phenoxy) is 1. The Kier molecular flexibility index (Phi) is 4.43. The van der Waals surface area contributed by atoms with Gasteiger partial charge in [0, 0.05) is 4.88 Å². The molecule has 0 radical (unpaired) electrons. The maximum absolute atomic E-state index is 12.5. The molecule has 6 heteroatoms. The highest BCUT2D eigenvalue weighted by Gasteiger charge is 2.34. The lowest BCUT2D eigenvalue weighted by molar-refractivity contribution is -0.138. The Morgan fingerprint density at radius 3 is 2.65 bits per heavy atom. The number of esters is 1. The molecule has 2 amide bonds. The standard InChI is InChI=1S/C17H16N2O3S/c1-2-22-16(20)13-14(11-7-4-3-5-8-11)18-17(21)19-15(13)12-9-6-10-23-12/h3-10,15H,2H2,1H3,(H2,18,19,21)/t15-/m0/s1. The number of nitrogens with one attached hydrogen (secondary N) is 2. The second-order valence-electron chi connectivity index (χ2n) is 4.92. The molecule has 0 bridgehead atoms. The van der Waals surface area contributed by atoms with Gasteiger partial charge in [-0.25, -0.2) is 9.59 Å². The Morgan fingerprint density at radius 2 is 2.00 bits per heavy atom. The molecule has 0 unspecified atom stereocenters. The summed E-state index contributed by atoms with van der Waals surface area (Å²) in [5, 5.41) is 7.47. The number of hydrogen-bond acceptors (Lipinski definition) is 4. The van der Waals surface area contributed by atoms with Crippen LogP contribution in [0.25, 0.3) is 5.70 Å². The summed E-state index contributed by atoms with van der Waals surface area (Å²) in [7, 11) is 0. The van der Waals surface area contributed by atoms with Crippen LogP contribution in [0.15, 0.2) is 53.4 Å². The van der Waals surface area contributed by atoms with E-state index in [4.69, 9.17) is 4.74 Å². The normalized spacial score (nSPS) is 17.4. The fraction of sp³-hybridized carbons (Fsp3) is 0.176. The molecule has 0 saturated carbocycles. The highest BCUT2D eigenvalue weighted by Crippen LogP contribution is 2.33. The van der Waals surface area contributed by atoms with Gasteiger partial charge >= 0.3 is 12.0 Å². The van der Waals surface area contributed by atoms with Gasteiger partial charge in [0.2, 0.25) is 0 Å². The molecule has 23 heavy (non-hydrogen) atoms. The van der Waals surface area contributed by atoms with Crippen LogP contribution in [0.1, 0.15) is 23.4 Å². The maximum Gasteiger partial charge on any atom is 0.338 e. The molecule has 1 atom stereocenters. The highest BCUT2D eigenvalue weighted by molar-refractivity contribution is 7.10. The van der Waals surface area contributed by atoms with Gasteiger partial charge in [0.15, 0.2) is 0 Å². The van der Waals surface area contributed by atoms with Gasteiger partial charge in [-0.05, 0) is 23.9 Å². The van der Waals surface area contributed by atoms with Crippen LogP contribution in [0.4, 0.5) is 4.79 Å². The Bertz CT molecular complexity index is 738. The number of amides is 2. The van der Waals surface area contributed by atoms with Crippen molar-refractivity contribution in [1.82, 2.24) is 10.6 Å². The van der Waals surface area contributed by atoms with Crippen LogP contribution in [0.2, 0.25) is 0 Å². The Labute approximate surface area is 138 Å². The third-order valence-corrected chi connectivity index (χ3v) is 4.39. The molecular weight excluding hydrogens is 312 g/mol. The van der Waals surface area contributed by atoms with Gasteiger partial charge in [-0.1, -0.05) is 36.4 Å². The summed E-state index contributed by atoms with van der Waals surface area (Å²) in [5.41, 5.74) is 1.68. The van der Waals surface area contributed by atoms with Crippen molar-refractivity contribution in [3.05, 3.63) is 63.9 Å². The molecule has 2 heterocycles. The SMILES string of the molecule is CCOC(=O)C1=C(c2ccccc2)NC(=O)N[C@H]1c1cccs1. The van der Waals surface area contributed by atoms with Gasteiger partial charge in [0.25, 0.3) is 0 Å². The van der Waals surface area contributed by atoms with Gasteiger partial charge < -0.3 is 15.4 Å². The van der Waals surface area contributed by atoms with E-state index in [1.54, 1.807) is 6.92 Å². The van der Waals surface area contributed by atoms with Crippen molar-refractivity contribution >= 4 is 29.0 Å². The summed E-state index contributed by atoms with van der Waals surface area (Å²) in [6, 6.07) is 12.2. The molecule has 0 spiro atoms. The third-order valence-electron chi connectivity index (χ3n) is 3.46. The zero-order valence-corrected chi connectivity index (χ0v) is 13.4. The van der Waals surface area contributed by atoms with Crippen molar-refractivity contribution in [1.29, 1.82) is 0 Å². The predicted molar refractivity (Wildman–Crippen MR) is 88.7 cm³/mol. The quantitative estimate of drug-likeness (QED) is 0.848. The van der Waals surface area contributed by atoms with E-state index in [-0.39, 0.29) is 12.6 Å². The van der Waals surface area contributed by atoms with Crippen LogP contribution in [0.5, 0.6) is 0 Å². The van der Waals surface area contributed by atoms with E-state index in [0.29, 0.717) is 11.3 Å². The third kappa shape index (κ3) is 3.12. The molecule has 0 saturated heterocycles. The van der Waals surface area contributed by atoms with Crippen LogP contribution >= 0.6 is 11.3 Å². The molecule has 0 aliphatic carbocycles. The van der Waals surface area contributed by atoms with E-state index in [9.17, 15) is 9.59 Å². The summed E-state index contributed by atoms with van der Waals surface area (Å²) in [5.74, 6) is -0.433. The molecule has 0 fully saturated rings. The fourth-order valence-electron chi connectivity index (χ4n) is 2.49. The predicted octanol–water partition coefficient (Wildman–Crippen LogP) is 3.08. The minimum atomic E-state index is -0.516. The van der Waals surface area contributed by atoms with Gasteiger partial charge in [0.1, 0.15) is 0 Å². The monoisotopic (exact) mass is 328 g/mol. The van der Waals surface area contributed by atoms with E-state index < -0.39 is 12.0 Å². The summed E-state index contributed by atoms with van der Waals surface area (Å²) >= 11 is 1.48. The highest BCUT2D eigenvalue weighted by atomic mass is 32.1. The molecule has 118 valence electrons. The zero-order valence-electron chi connectivity index (χ0n) is 12.5. The average Bonchev–Trinajstić information content (AvgIpc) is 3.09. The van der Waals surface area contributed by atoms with Crippen LogP contribution in [-0.4, -0.2) is 18.6 Å². The van der Waals surface area contributed by atoms with E-state index >= 15 is 0 Å². The van der Waals surface area contributed by atoms with Crippen LogP contribution < -0.4 is 10.6 Å². The van der Waals surface area contributed by atoms with Crippen molar-refractivity contribution in [2.45, 2.75) is 13.0 Å². The summed E-state index contributed by atoms with van der Waals surface area (Å²) in [6.45, 7) is 2.03. The number of thiophene rings is 1. The van der Waals surface area contributed by atoms with E-state index in [0.717, 1.165) is 10.4 Å². The molecule has 2 aromatic rings. The number of hydrogen-bond donors (Lipinski definition) is 2. The Hall–Kier alpha value is -2.60. The van der Waals surface area contributed by atoms with Gasteiger partial charge in [-0.15, -0.1) is 11.3 Å². The van der Waals surface area contributed by atoms with Gasteiger partial charge in [0.05, 0.1) is 23.9 Å². The van der Waals surface area contributed by atoms with Crippen LogP contribution in [0, 0.1) is 0 Å². The molecule has 3 rings (SSSR count). The van der Waals surface area contributed by atoms with Crippen LogP contribution in [-0.2, 0) is 9.53 Å². The van der Waals surface area contributed by atoms with E-state index in [2.05, 4.69) is 10.6 Å². The van der Waals surface area contributed by atoms with Gasteiger partial charge in [-0.2, -0.15) is 0 Å². The molecule has 1 aromatic carbocycles. The molecule has 1 aliphatic heterocycles. The number of carbonyl (C=O) groups excluding carboxylic acids is 2. The molecule has 5 nitrogen and oxygen atoms in total. The average molecular weight is 328 g/mol. The Balaban J connectivity index is 2.15. The van der Waals surface area contributed by atoms with Crippen molar-refractivity contribution < 1.29 is 14.3 Å². The lowest BCUT2D eigenvalue weighted by Gasteiger charge is -2.28. The van der Waals surface area contributed by atoms with Gasteiger partial charge in [-0.3, -0.25) is 0 Å². The number of rotatable bonds is 4. The number of benzene rings is 1. The van der Waals surface area contributed by atoms with Crippen molar-refractivity contribution in [3.8, 4) is 0 Å². The van der Waals surface area contributed by atoms with Crippen molar-refractivity contribution in [2.75, 3.05) is 6.61 Å². The second kappa shape index (κ2) is 6.66. The minimum absolute atomic E-state index is 0.273. The summed E-state index contributed by atoms with van der Waals surface area (Å²) < 4.78 is 5.21. The van der Waals surface area contributed by atoms with Crippen molar-refractivity contribution in [2.24, 2.45) is 0 Å². The van der Waals surface area contributed by atoms with Crippen molar-refractivity contribution in [3.63, 3.8) is 0 Å². The lowest BCUT2D eigenvalue weighted by Crippen LogP contribution is -2.45. The maximum atomic E-state index is 12.5. The molecular formula is C17H16N2O3S. The Morgan fingerprint density at radius 1 is 1.22 bits per heavy atom. The summed E-state index contributed by atoms with van der Waals surface area (Å²) in [6.07, 6.45) is 0. The lowest BCUT2D eigenvalue weighted by atomic mass is 9.97. The molecule has 1 aliphatic rings. The number of urea groups is 1. The largest absolute Gasteiger partial charge is 0.463 e. The first-order valence-corrected chi connectivity index (χ1v) is 8.16. The topological polar surface area (TPSA) is 67.4 Å². The first-order chi connectivity index (χ1) is 11.2. The van der Waals surface area contributed by atoms with E-state index in [1.165, 1.54) is 11.3 Å². The first kappa shape index (κ1) is 15.3. The van der Waals surface area contributed by atoms with E-state index in [1.807, 2.05) is 47.8 Å². The molecule has 2 N–H and O–H groups in total. The first-order valence-electron chi connectivity index (χ1n) is 7.28. The smallest absolute Gasteiger partial charge is 0.338 e. The molecule has 1 aromatic heterocycles. The van der Waals surface area contributed by atoms with Crippen LogP contribution in [0.3, 0.4) is 0 Å².